The molecule has 2 aliphatic rings. The maximum atomic E-state index is 5.19. The number of rotatable bonds is 4. The Bertz CT molecular complexity index is 2630. The fourth-order valence-corrected chi connectivity index (χ4v) is 7.66. The van der Waals surface area contributed by atoms with Crippen molar-refractivity contribution < 1.29 is 0 Å². The van der Waals surface area contributed by atoms with Crippen molar-refractivity contribution in [3.63, 3.8) is 0 Å². The Morgan fingerprint density at radius 2 is 1.19 bits per heavy atom. The number of benzene rings is 5. The molecule has 0 radical (unpaired) electrons. The third-order valence-electron chi connectivity index (χ3n) is 9.76. The molecule has 1 unspecified atom stereocenters. The van der Waals surface area contributed by atoms with Crippen molar-refractivity contribution >= 4 is 49.3 Å². The second-order valence-electron chi connectivity index (χ2n) is 12.5. The zero-order valence-corrected chi connectivity index (χ0v) is 26.1. The molecule has 8 aromatic rings. The Morgan fingerprint density at radius 1 is 0.542 bits per heavy atom. The molecule has 0 fully saturated rings. The predicted octanol–water partition coefficient (Wildman–Crippen LogP) is 10.4. The molecule has 226 valence electrons. The van der Waals surface area contributed by atoms with E-state index in [2.05, 4.69) is 184 Å². The summed E-state index contributed by atoms with van der Waals surface area (Å²) in [7, 11) is 0. The van der Waals surface area contributed by atoms with Crippen LogP contribution in [0.4, 0.5) is 0 Å². The molecular formula is C44H30N4. The van der Waals surface area contributed by atoms with Gasteiger partial charge in [0.15, 0.2) is 0 Å². The van der Waals surface area contributed by atoms with Gasteiger partial charge < -0.3 is 14.5 Å². The van der Waals surface area contributed by atoms with E-state index in [1.54, 1.807) is 0 Å². The van der Waals surface area contributed by atoms with Crippen molar-refractivity contribution in [1.29, 1.82) is 0 Å². The second kappa shape index (κ2) is 10.6. The van der Waals surface area contributed by atoms with Gasteiger partial charge in [-0.15, -0.1) is 0 Å². The van der Waals surface area contributed by atoms with E-state index < -0.39 is 0 Å². The van der Waals surface area contributed by atoms with E-state index in [4.69, 9.17) is 4.98 Å². The van der Waals surface area contributed by atoms with Gasteiger partial charge >= 0.3 is 0 Å². The van der Waals surface area contributed by atoms with Crippen molar-refractivity contribution in [2.75, 3.05) is 0 Å². The number of pyridine rings is 1. The highest BCUT2D eigenvalue weighted by Crippen LogP contribution is 2.43. The first-order valence-corrected chi connectivity index (χ1v) is 16.4. The van der Waals surface area contributed by atoms with Crippen LogP contribution in [0.2, 0.25) is 0 Å². The number of aromatic nitrogens is 3. The molecule has 1 atom stereocenters. The van der Waals surface area contributed by atoms with Crippen LogP contribution in [0.1, 0.15) is 0 Å². The summed E-state index contributed by atoms with van der Waals surface area (Å²) in [6, 6.07) is 47.8. The van der Waals surface area contributed by atoms with Crippen molar-refractivity contribution in [2.45, 2.75) is 6.04 Å². The second-order valence-corrected chi connectivity index (χ2v) is 12.5. The molecule has 0 spiro atoms. The molecule has 0 saturated carbocycles. The zero-order valence-electron chi connectivity index (χ0n) is 26.1. The van der Waals surface area contributed by atoms with Crippen LogP contribution in [-0.2, 0) is 0 Å². The summed E-state index contributed by atoms with van der Waals surface area (Å²) < 4.78 is 4.92. The normalized spacial score (nSPS) is 15.5. The summed E-state index contributed by atoms with van der Waals surface area (Å²) in [6.45, 7) is 0. The third kappa shape index (κ3) is 3.99. The van der Waals surface area contributed by atoms with Crippen molar-refractivity contribution in [1.82, 2.24) is 19.4 Å². The van der Waals surface area contributed by atoms with Crippen LogP contribution in [-0.4, -0.2) is 20.2 Å². The number of nitrogens with zero attached hydrogens (tertiary/aromatic N) is 3. The van der Waals surface area contributed by atoms with E-state index in [-0.39, 0.29) is 6.04 Å². The van der Waals surface area contributed by atoms with Crippen LogP contribution in [0.5, 0.6) is 0 Å². The number of fused-ring (bicyclic) bond motifs is 8. The maximum absolute atomic E-state index is 5.19. The summed E-state index contributed by atoms with van der Waals surface area (Å²) in [6.07, 6.45) is 13.0. The first-order valence-electron chi connectivity index (χ1n) is 16.4. The lowest BCUT2D eigenvalue weighted by atomic mass is 9.97. The molecule has 1 aliphatic heterocycles. The summed E-state index contributed by atoms with van der Waals surface area (Å²) in [4.78, 5) is 5.19. The Morgan fingerprint density at radius 3 is 1.92 bits per heavy atom. The van der Waals surface area contributed by atoms with E-state index >= 15 is 0 Å². The lowest BCUT2D eigenvalue weighted by molar-refractivity contribution is 0.791. The van der Waals surface area contributed by atoms with Gasteiger partial charge in [0.1, 0.15) is 0 Å². The van der Waals surface area contributed by atoms with Gasteiger partial charge in [-0.3, -0.25) is 0 Å². The molecule has 0 amide bonds. The number of hydrogen-bond acceptors (Lipinski definition) is 2. The Labute approximate surface area is 277 Å². The molecule has 0 bridgehead atoms. The Hall–Kier alpha value is -6.39. The number of nitrogens with one attached hydrogen (secondary N) is 1. The van der Waals surface area contributed by atoms with Crippen LogP contribution >= 0.6 is 0 Å². The van der Waals surface area contributed by atoms with Crippen LogP contribution in [0.15, 0.2) is 176 Å². The smallest absolute Gasteiger partial charge is 0.0730 e. The number of para-hydroxylation sites is 2. The van der Waals surface area contributed by atoms with Gasteiger partial charge in [-0.25, -0.2) is 4.98 Å². The molecule has 5 aromatic carbocycles. The van der Waals surface area contributed by atoms with Crippen molar-refractivity contribution in [3.05, 3.63) is 176 Å². The molecule has 10 rings (SSSR count). The highest BCUT2D eigenvalue weighted by Gasteiger charge is 2.25. The third-order valence-corrected chi connectivity index (χ3v) is 9.76. The van der Waals surface area contributed by atoms with Gasteiger partial charge in [0.05, 0.1) is 50.9 Å². The summed E-state index contributed by atoms with van der Waals surface area (Å²) in [5.41, 5.74) is 12.4. The molecule has 4 nitrogen and oxygen atoms in total. The summed E-state index contributed by atoms with van der Waals surface area (Å²) >= 11 is 0. The maximum Gasteiger partial charge on any atom is 0.0730 e. The van der Waals surface area contributed by atoms with Gasteiger partial charge in [-0.1, -0.05) is 127 Å². The average Bonchev–Trinajstić information content (AvgIpc) is 3.68. The van der Waals surface area contributed by atoms with E-state index in [0.29, 0.717) is 0 Å². The Kier molecular flexibility index (Phi) is 5.90. The Balaban J connectivity index is 1.34. The lowest BCUT2D eigenvalue weighted by Crippen LogP contribution is -2.28. The SMILES string of the molecule is C1=CC2=C(n3c4ccccc4c4ccc5c(c6ccccc6n5-c5cc(-c6ccccc6)nc(-c6ccccc6)c5)c43)C=CNC2C=C1. The predicted molar refractivity (Wildman–Crippen MR) is 200 cm³/mol. The number of hydrogen-bond donors (Lipinski definition) is 1. The largest absolute Gasteiger partial charge is 0.380 e. The van der Waals surface area contributed by atoms with E-state index in [9.17, 15) is 0 Å². The van der Waals surface area contributed by atoms with Crippen molar-refractivity contribution in [3.8, 4) is 28.2 Å². The molecule has 0 saturated heterocycles. The van der Waals surface area contributed by atoms with Crippen molar-refractivity contribution in [2.24, 2.45) is 0 Å². The summed E-state index contributed by atoms with van der Waals surface area (Å²) in [5, 5.41) is 8.50. The quantitative estimate of drug-likeness (QED) is 0.214. The molecule has 4 heterocycles. The highest BCUT2D eigenvalue weighted by atomic mass is 15.0. The van der Waals surface area contributed by atoms with E-state index in [1.165, 1.54) is 43.8 Å². The van der Waals surface area contributed by atoms with Crippen LogP contribution in [0.3, 0.4) is 0 Å². The molecule has 1 aliphatic carbocycles. The van der Waals surface area contributed by atoms with Crippen LogP contribution < -0.4 is 5.32 Å². The topological polar surface area (TPSA) is 34.8 Å². The van der Waals surface area contributed by atoms with Gasteiger partial charge in [-0.2, -0.15) is 0 Å². The minimum atomic E-state index is 0.136. The van der Waals surface area contributed by atoms with Gasteiger partial charge in [0.25, 0.3) is 0 Å². The molecule has 1 N–H and O–H groups in total. The first kappa shape index (κ1) is 26.8. The standard InChI is InChI=1S/C44H30N4/c1-3-13-29(14-4-1)37-27-31(28-38(46-37)30-15-5-2-6-16-30)47-40-22-12-9-19-35(40)43-42(47)24-23-33-32-17-8-11-21-39(32)48(44(33)43)41-25-26-45-36-20-10-7-18-34(36)41/h1-28,36,45H. The number of allylic oxidation sites excluding steroid dienone is 4. The van der Waals surface area contributed by atoms with Gasteiger partial charge in [-0.05, 0) is 42.6 Å². The first-order chi connectivity index (χ1) is 23.8. The zero-order chi connectivity index (χ0) is 31.6. The molecular weight excluding hydrogens is 585 g/mol. The van der Waals surface area contributed by atoms with Crippen LogP contribution in [0, 0.1) is 0 Å². The minimum absolute atomic E-state index is 0.136. The highest BCUT2D eigenvalue weighted by molar-refractivity contribution is 6.26. The van der Waals surface area contributed by atoms with Gasteiger partial charge in [0.2, 0.25) is 0 Å². The fraction of sp³-hybridized carbons (Fsp3) is 0.0227. The lowest BCUT2D eigenvalue weighted by Gasteiger charge is -2.25. The number of dihydropyridines is 1. The van der Waals surface area contributed by atoms with E-state index in [0.717, 1.165) is 39.2 Å². The van der Waals surface area contributed by atoms with E-state index in [1.807, 2.05) is 0 Å². The monoisotopic (exact) mass is 614 g/mol. The fourth-order valence-electron chi connectivity index (χ4n) is 7.66. The minimum Gasteiger partial charge on any atom is -0.380 e. The molecule has 48 heavy (non-hydrogen) atoms. The molecule has 3 aromatic heterocycles. The summed E-state index contributed by atoms with van der Waals surface area (Å²) in [5.74, 6) is 0. The van der Waals surface area contributed by atoms with Crippen LogP contribution in [0.25, 0.3) is 77.5 Å². The molecule has 4 heteroatoms. The van der Waals surface area contributed by atoms with Gasteiger partial charge in [0, 0.05) is 38.2 Å². The average molecular weight is 615 g/mol.